The highest BCUT2D eigenvalue weighted by atomic mass is 32.2. The first kappa shape index (κ1) is 19.9. The standard InChI is InChI=1S/C17H16F3NO4S/c1-11-5-3-4-6-14(11)26(24,25)13-9-7-12(8-10-13)21-15(22)16(2,23)17(18,19)20/h3-10,23H,1-2H3,(H,21,22). The predicted octanol–water partition coefficient (Wildman–Crippen LogP) is 3.08. The third kappa shape index (κ3) is 3.73. The van der Waals surface area contributed by atoms with Gasteiger partial charge in [-0.1, -0.05) is 18.2 Å². The van der Waals surface area contributed by atoms with E-state index in [0.717, 1.165) is 12.1 Å². The molecule has 0 bridgehead atoms. The van der Waals surface area contributed by atoms with E-state index < -0.39 is 27.5 Å². The van der Waals surface area contributed by atoms with Gasteiger partial charge in [0.1, 0.15) is 0 Å². The predicted molar refractivity (Wildman–Crippen MR) is 88.4 cm³/mol. The number of carbonyl (C=O) groups excluding carboxylic acids is 1. The van der Waals surface area contributed by atoms with Crippen LogP contribution in [0, 0.1) is 6.92 Å². The van der Waals surface area contributed by atoms with Crippen LogP contribution in [0.3, 0.4) is 0 Å². The maximum Gasteiger partial charge on any atom is 0.426 e. The van der Waals surface area contributed by atoms with Crippen molar-refractivity contribution in [2.24, 2.45) is 0 Å². The highest BCUT2D eigenvalue weighted by Gasteiger charge is 2.55. The van der Waals surface area contributed by atoms with E-state index >= 15 is 0 Å². The summed E-state index contributed by atoms with van der Waals surface area (Å²) in [7, 11) is -3.81. The number of nitrogens with one attached hydrogen (secondary N) is 1. The van der Waals surface area contributed by atoms with Crippen molar-refractivity contribution >= 4 is 21.4 Å². The minimum atomic E-state index is -5.15. The minimum Gasteiger partial charge on any atom is -0.373 e. The molecule has 1 atom stereocenters. The van der Waals surface area contributed by atoms with Crippen molar-refractivity contribution in [3.8, 4) is 0 Å². The summed E-state index contributed by atoms with van der Waals surface area (Å²) in [5.41, 5.74) is -3.10. The Balaban J connectivity index is 2.27. The van der Waals surface area contributed by atoms with Gasteiger partial charge in [0.25, 0.3) is 5.91 Å². The van der Waals surface area contributed by atoms with E-state index in [-0.39, 0.29) is 15.5 Å². The van der Waals surface area contributed by atoms with E-state index in [1.54, 1.807) is 25.1 Å². The maximum atomic E-state index is 12.6. The van der Waals surface area contributed by atoms with Gasteiger partial charge >= 0.3 is 6.18 Å². The van der Waals surface area contributed by atoms with E-state index in [0.29, 0.717) is 12.5 Å². The molecule has 1 amide bonds. The average Bonchev–Trinajstić information content (AvgIpc) is 2.54. The molecule has 2 aromatic rings. The molecule has 0 aliphatic heterocycles. The number of aryl methyl sites for hydroxylation is 1. The summed E-state index contributed by atoms with van der Waals surface area (Å²) in [6.45, 7) is 1.97. The quantitative estimate of drug-likeness (QED) is 0.845. The number of aliphatic hydroxyl groups is 1. The summed E-state index contributed by atoms with van der Waals surface area (Å²) in [6, 6.07) is 11.0. The van der Waals surface area contributed by atoms with Crippen LogP contribution in [-0.4, -0.2) is 31.2 Å². The third-order valence-corrected chi connectivity index (χ3v) is 5.73. The van der Waals surface area contributed by atoms with Crippen LogP contribution in [0.25, 0.3) is 0 Å². The zero-order valence-electron chi connectivity index (χ0n) is 13.8. The molecule has 1 unspecified atom stereocenters. The van der Waals surface area contributed by atoms with Gasteiger partial charge in [-0.2, -0.15) is 13.2 Å². The zero-order chi connectivity index (χ0) is 19.8. The number of amides is 1. The van der Waals surface area contributed by atoms with Gasteiger partial charge < -0.3 is 10.4 Å². The number of halogens is 3. The van der Waals surface area contributed by atoms with E-state index in [4.69, 9.17) is 0 Å². The molecule has 0 aliphatic carbocycles. The average molecular weight is 387 g/mol. The van der Waals surface area contributed by atoms with Gasteiger partial charge in [-0.25, -0.2) is 8.42 Å². The topological polar surface area (TPSA) is 83.5 Å². The zero-order valence-corrected chi connectivity index (χ0v) is 14.6. The molecule has 9 heteroatoms. The molecular weight excluding hydrogens is 371 g/mol. The lowest BCUT2D eigenvalue weighted by molar-refractivity contribution is -0.242. The number of benzene rings is 2. The Kier molecular flexibility index (Phi) is 5.16. The van der Waals surface area contributed by atoms with Crippen molar-refractivity contribution in [2.45, 2.75) is 35.4 Å². The van der Waals surface area contributed by atoms with Crippen LogP contribution in [0.2, 0.25) is 0 Å². The lowest BCUT2D eigenvalue weighted by Gasteiger charge is -2.24. The smallest absolute Gasteiger partial charge is 0.373 e. The van der Waals surface area contributed by atoms with Crippen molar-refractivity contribution < 1.29 is 31.5 Å². The van der Waals surface area contributed by atoms with Crippen LogP contribution in [0.15, 0.2) is 58.3 Å². The van der Waals surface area contributed by atoms with E-state index in [9.17, 15) is 31.5 Å². The molecule has 0 radical (unpaired) electrons. The summed E-state index contributed by atoms with van der Waals surface area (Å²) in [5, 5.41) is 11.2. The SMILES string of the molecule is Cc1ccccc1S(=O)(=O)c1ccc(NC(=O)C(C)(O)C(F)(F)F)cc1. The summed E-state index contributed by atoms with van der Waals surface area (Å²) in [5.74, 6) is -1.67. The second-order valence-corrected chi connectivity index (χ2v) is 7.74. The van der Waals surface area contributed by atoms with Gasteiger partial charge in [-0.05, 0) is 49.7 Å². The molecule has 5 nitrogen and oxygen atoms in total. The van der Waals surface area contributed by atoms with Gasteiger partial charge in [0, 0.05) is 5.69 Å². The van der Waals surface area contributed by atoms with Crippen LogP contribution in [0.5, 0.6) is 0 Å². The summed E-state index contributed by atoms with van der Waals surface area (Å²) < 4.78 is 63.1. The van der Waals surface area contributed by atoms with Crippen LogP contribution < -0.4 is 5.32 Å². The Bertz CT molecular complexity index is 920. The number of rotatable bonds is 4. The van der Waals surface area contributed by atoms with Crippen LogP contribution in [0.4, 0.5) is 18.9 Å². The number of anilines is 1. The number of alkyl halides is 3. The van der Waals surface area contributed by atoms with Crippen molar-refractivity contribution in [1.29, 1.82) is 0 Å². The first-order valence-electron chi connectivity index (χ1n) is 7.38. The lowest BCUT2D eigenvalue weighted by atomic mass is 10.1. The molecule has 26 heavy (non-hydrogen) atoms. The van der Waals surface area contributed by atoms with Gasteiger partial charge in [0.15, 0.2) is 0 Å². The molecule has 0 aromatic heterocycles. The van der Waals surface area contributed by atoms with Crippen molar-refractivity contribution in [3.05, 3.63) is 54.1 Å². The maximum absolute atomic E-state index is 12.6. The number of hydrogen-bond acceptors (Lipinski definition) is 4. The van der Waals surface area contributed by atoms with Crippen LogP contribution in [-0.2, 0) is 14.6 Å². The second kappa shape index (κ2) is 6.73. The monoisotopic (exact) mass is 387 g/mol. The largest absolute Gasteiger partial charge is 0.426 e. The molecule has 2 aromatic carbocycles. The summed E-state index contributed by atoms with van der Waals surface area (Å²) in [6.07, 6.45) is -5.15. The Morgan fingerprint density at radius 2 is 1.58 bits per heavy atom. The highest BCUT2D eigenvalue weighted by molar-refractivity contribution is 7.91. The second-order valence-electron chi connectivity index (χ2n) is 5.82. The molecule has 0 saturated heterocycles. The number of sulfone groups is 1. The number of carbonyl (C=O) groups is 1. The normalized spacial score (nSPS) is 14.5. The van der Waals surface area contributed by atoms with Gasteiger partial charge in [0.2, 0.25) is 15.4 Å². The molecular formula is C17H16F3NO4S. The van der Waals surface area contributed by atoms with Crippen LogP contribution >= 0.6 is 0 Å². The summed E-state index contributed by atoms with van der Waals surface area (Å²) in [4.78, 5) is 11.7. The van der Waals surface area contributed by atoms with Gasteiger partial charge in [-0.3, -0.25) is 4.79 Å². The first-order chi connectivity index (χ1) is 11.9. The van der Waals surface area contributed by atoms with Crippen LogP contribution in [0.1, 0.15) is 12.5 Å². The fourth-order valence-corrected chi connectivity index (χ4v) is 3.58. The minimum absolute atomic E-state index is 0.0765. The Hall–Kier alpha value is -2.39. The Labute approximate surface area is 148 Å². The van der Waals surface area contributed by atoms with E-state index in [1.165, 1.54) is 18.2 Å². The highest BCUT2D eigenvalue weighted by Crippen LogP contribution is 2.31. The molecule has 0 aliphatic rings. The van der Waals surface area contributed by atoms with E-state index in [2.05, 4.69) is 0 Å². The lowest BCUT2D eigenvalue weighted by Crippen LogP contribution is -2.52. The first-order valence-corrected chi connectivity index (χ1v) is 8.87. The van der Waals surface area contributed by atoms with Gasteiger partial charge in [0.05, 0.1) is 9.79 Å². The molecule has 0 fully saturated rings. The molecule has 0 heterocycles. The van der Waals surface area contributed by atoms with Crippen molar-refractivity contribution in [2.75, 3.05) is 5.32 Å². The third-order valence-electron chi connectivity index (χ3n) is 3.80. The Morgan fingerprint density at radius 1 is 1.04 bits per heavy atom. The fraction of sp³-hybridized carbons (Fsp3) is 0.235. The molecule has 2 rings (SSSR count). The Morgan fingerprint density at radius 3 is 2.08 bits per heavy atom. The van der Waals surface area contributed by atoms with E-state index in [1.807, 2.05) is 5.32 Å². The van der Waals surface area contributed by atoms with Crippen molar-refractivity contribution in [3.63, 3.8) is 0 Å². The number of hydrogen-bond donors (Lipinski definition) is 2. The molecule has 0 saturated carbocycles. The summed E-state index contributed by atoms with van der Waals surface area (Å²) >= 11 is 0. The van der Waals surface area contributed by atoms with Crippen molar-refractivity contribution in [1.82, 2.24) is 0 Å². The molecule has 2 N–H and O–H groups in total. The van der Waals surface area contributed by atoms with Gasteiger partial charge in [-0.15, -0.1) is 0 Å². The molecule has 140 valence electrons. The fourth-order valence-electron chi connectivity index (χ4n) is 2.08. The molecule has 0 spiro atoms.